The number of thiazole rings is 1. The number of nitrogens with two attached hydrogens (primary N) is 1. The second-order valence-corrected chi connectivity index (χ2v) is 5.07. The second kappa shape index (κ2) is 5.26. The standard InChI is InChI=1S/C14H12N4OS/c1-19-13-12(9-2-4-10(15)5-3-9)20-14(18-13)11-8-16-6-7-17-11/h2-8H,15H2,1H3. The van der Waals surface area contributed by atoms with Crippen LogP contribution in [0.25, 0.3) is 21.1 Å². The number of anilines is 1. The molecule has 0 radical (unpaired) electrons. The minimum atomic E-state index is 0.584. The fraction of sp³-hybridized carbons (Fsp3) is 0.0714. The first-order valence-corrected chi connectivity index (χ1v) is 6.76. The molecular weight excluding hydrogens is 272 g/mol. The van der Waals surface area contributed by atoms with Crippen LogP contribution in [0.5, 0.6) is 5.88 Å². The van der Waals surface area contributed by atoms with Gasteiger partial charge in [-0.05, 0) is 17.7 Å². The molecule has 20 heavy (non-hydrogen) atoms. The average molecular weight is 284 g/mol. The lowest BCUT2D eigenvalue weighted by molar-refractivity contribution is 0.402. The summed E-state index contributed by atoms with van der Waals surface area (Å²) in [5, 5.41) is 0.779. The molecule has 0 saturated heterocycles. The van der Waals surface area contributed by atoms with Gasteiger partial charge in [0.25, 0.3) is 0 Å². The van der Waals surface area contributed by atoms with Gasteiger partial charge >= 0.3 is 0 Å². The summed E-state index contributed by atoms with van der Waals surface area (Å²) in [6, 6.07) is 7.62. The Morgan fingerprint density at radius 1 is 1.15 bits per heavy atom. The van der Waals surface area contributed by atoms with Gasteiger partial charge in [0, 0.05) is 18.1 Å². The van der Waals surface area contributed by atoms with Crippen LogP contribution in [0.15, 0.2) is 42.9 Å². The highest BCUT2D eigenvalue weighted by Crippen LogP contribution is 2.39. The van der Waals surface area contributed by atoms with E-state index in [0.29, 0.717) is 5.88 Å². The predicted octanol–water partition coefficient (Wildman–Crippen LogP) is 2.86. The van der Waals surface area contributed by atoms with E-state index < -0.39 is 0 Å². The molecule has 2 N–H and O–H groups in total. The first-order chi connectivity index (χ1) is 9.78. The molecule has 0 unspecified atom stereocenters. The number of rotatable bonds is 3. The average Bonchev–Trinajstić information content (AvgIpc) is 2.93. The molecule has 0 fully saturated rings. The Hall–Kier alpha value is -2.47. The Morgan fingerprint density at radius 3 is 2.60 bits per heavy atom. The molecule has 0 saturated carbocycles. The molecule has 3 rings (SSSR count). The molecule has 1 aromatic carbocycles. The van der Waals surface area contributed by atoms with E-state index in [1.807, 2.05) is 24.3 Å². The van der Waals surface area contributed by atoms with Gasteiger partial charge in [0.05, 0.1) is 18.2 Å². The Labute approximate surface area is 120 Å². The highest BCUT2D eigenvalue weighted by molar-refractivity contribution is 7.18. The molecule has 2 heterocycles. The van der Waals surface area contributed by atoms with Crippen molar-refractivity contribution < 1.29 is 4.74 Å². The SMILES string of the molecule is COc1nc(-c2cnccn2)sc1-c1ccc(N)cc1. The van der Waals surface area contributed by atoms with Crippen LogP contribution >= 0.6 is 11.3 Å². The van der Waals surface area contributed by atoms with Gasteiger partial charge in [0.15, 0.2) is 0 Å². The molecule has 0 atom stereocenters. The Balaban J connectivity index is 2.07. The summed E-state index contributed by atoms with van der Waals surface area (Å²) in [5.74, 6) is 0.584. The van der Waals surface area contributed by atoms with Gasteiger partial charge < -0.3 is 10.5 Å². The third kappa shape index (κ3) is 2.33. The largest absolute Gasteiger partial charge is 0.480 e. The van der Waals surface area contributed by atoms with Crippen LogP contribution in [0.3, 0.4) is 0 Å². The minimum Gasteiger partial charge on any atom is -0.480 e. The van der Waals surface area contributed by atoms with E-state index in [1.54, 1.807) is 25.7 Å². The maximum absolute atomic E-state index is 5.71. The van der Waals surface area contributed by atoms with E-state index in [-0.39, 0.29) is 0 Å². The number of benzene rings is 1. The number of hydrogen-bond acceptors (Lipinski definition) is 6. The van der Waals surface area contributed by atoms with Crippen molar-refractivity contribution in [2.75, 3.05) is 12.8 Å². The number of nitrogen functional groups attached to an aromatic ring is 1. The van der Waals surface area contributed by atoms with Crippen molar-refractivity contribution >= 4 is 17.0 Å². The lowest BCUT2D eigenvalue weighted by Gasteiger charge is -2.00. The molecule has 0 amide bonds. The van der Waals surface area contributed by atoms with Crippen molar-refractivity contribution in [3.05, 3.63) is 42.9 Å². The molecule has 0 aliphatic carbocycles. The van der Waals surface area contributed by atoms with Crippen molar-refractivity contribution in [2.24, 2.45) is 0 Å². The first kappa shape index (κ1) is 12.6. The Bertz CT molecular complexity index is 710. The number of aromatic nitrogens is 3. The normalized spacial score (nSPS) is 10.4. The van der Waals surface area contributed by atoms with E-state index >= 15 is 0 Å². The van der Waals surface area contributed by atoms with Crippen molar-refractivity contribution in [3.8, 4) is 27.0 Å². The van der Waals surface area contributed by atoms with E-state index in [0.717, 1.165) is 26.8 Å². The van der Waals surface area contributed by atoms with Gasteiger partial charge in [-0.3, -0.25) is 9.97 Å². The monoisotopic (exact) mass is 284 g/mol. The predicted molar refractivity (Wildman–Crippen MR) is 79.5 cm³/mol. The van der Waals surface area contributed by atoms with Crippen LogP contribution < -0.4 is 10.5 Å². The van der Waals surface area contributed by atoms with Crippen LogP contribution in [0, 0.1) is 0 Å². The zero-order chi connectivity index (χ0) is 13.9. The maximum atomic E-state index is 5.71. The first-order valence-electron chi connectivity index (χ1n) is 5.95. The zero-order valence-electron chi connectivity index (χ0n) is 10.8. The molecule has 2 aromatic heterocycles. The van der Waals surface area contributed by atoms with E-state index in [9.17, 15) is 0 Å². The number of ether oxygens (including phenoxy) is 1. The zero-order valence-corrected chi connectivity index (χ0v) is 11.6. The summed E-state index contributed by atoms with van der Waals surface area (Å²) in [5.41, 5.74) is 8.19. The molecule has 0 bridgehead atoms. The molecular formula is C14H12N4OS. The van der Waals surface area contributed by atoms with E-state index in [1.165, 1.54) is 11.3 Å². The number of nitrogens with zero attached hydrogens (tertiary/aromatic N) is 3. The topological polar surface area (TPSA) is 73.9 Å². The van der Waals surface area contributed by atoms with Gasteiger partial charge in [-0.25, -0.2) is 0 Å². The van der Waals surface area contributed by atoms with E-state index in [2.05, 4.69) is 15.0 Å². The highest BCUT2D eigenvalue weighted by Gasteiger charge is 2.15. The van der Waals surface area contributed by atoms with Gasteiger partial charge in [0.2, 0.25) is 5.88 Å². The lowest BCUT2D eigenvalue weighted by atomic mass is 10.2. The van der Waals surface area contributed by atoms with Gasteiger partial charge in [0.1, 0.15) is 10.7 Å². The minimum absolute atomic E-state index is 0.584. The van der Waals surface area contributed by atoms with Crippen LogP contribution in [0.4, 0.5) is 5.69 Å². The highest BCUT2D eigenvalue weighted by atomic mass is 32.1. The fourth-order valence-corrected chi connectivity index (χ4v) is 2.78. The smallest absolute Gasteiger partial charge is 0.232 e. The Morgan fingerprint density at radius 2 is 1.95 bits per heavy atom. The van der Waals surface area contributed by atoms with E-state index in [4.69, 9.17) is 10.5 Å². The van der Waals surface area contributed by atoms with Crippen molar-refractivity contribution in [1.29, 1.82) is 0 Å². The number of hydrogen-bond donors (Lipinski definition) is 1. The summed E-state index contributed by atoms with van der Waals surface area (Å²) in [6.07, 6.45) is 4.96. The second-order valence-electron chi connectivity index (χ2n) is 4.07. The fourth-order valence-electron chi connectivity index (χ4n) is 1.78. The summed E-state index contributed by atoms with van der Waals surface area (Å²) >= 11 is 1.52. The third-order valence-corrected chi connectivity index (χ3v) is 3.85. The lowest BCUT2D eigenvalue weighted by Crippen LogP contribution is -1.87. The molecule has 0 aliphatic heterocycles. The van der Waals surface area contributed by atoms with Gasteiger partial charge in [-0.2, -0.15) is 4.98 Å². The molecule has 0 spiro atoms. The summed E-state index contributed by atoms with van der Waals surface area (Å²) in [7, 11) is 1.61. The molecule has 100 valence electrons. The Kier molecular flexibility index (Phi) is 3.30. The van der Waals surface area contributed by atoms with Crippen LogP contribution in [0.2, 0.25) is 0 Å². The molecule has 0 aliphatic rings. The van der Waals surface area contributed by atoms with Gasteiger partial charge in [-0.1, -0.05) is 12.1 Å². The van der Waals surface area contributed by atoms with Crippen LogP contribution in [-0.4, -0.2) is 22.1 Å². The molecule has 3 aromatic rings. The summed E-state index contributed by atoms with van der Waals surface area (Å²) in [4.78, 5) is 13.7. The third-order valence-electron chi connectivity index (χ3n) is 2.74. The van der Waals surface area contributed by atoms with Crippen LogP contribution in [-0.2, 0) is 0 Å². The maximum Gasteiger partial charge on any atom is 0.232 e. The molecule has 5 nitrogen and oxygen atoms in total. The summed E-state index contributed by atoms with van der Waals surface area (Å²) in [6.45, 7) is 0. The molecule has 6 heteroatoms. The van der Waals surface area contributed by atoms with Crippen molar-refractivity contribution in [2.45, 2.75) is 0 Å². The number of methoxy groups -OCH3 is 1. The summed E-state index contributed by atoms with van der Waals surface area (Å²) < 4.78 is 5.35. The van der Waals surface area contributed by atoms with Crippen molar-refractivity contribution in [3.63, 3.8) is 0 Å². The van der Waals surface area contributed by atoms with Crippen molar-refractivity contribution in [1.82, 2.24) is 15.0 Å². The quantitative estimate of drug-likeness (QED) is 0.749. The van der Waals surface area contributed by atoms with Crippen LogP contribution in [0.1, 0.15) is 0 Å². The van der Waals surface area contributed by atoms with Gasteiger partial charge in [-0.15, -0.1) is 11.3 Å².